The molecule has 1 aromatic carbocycles. The van der Waals surface area contributed by atoms with Crippen LogP contribution in [-0.2, 0) is 11.2 Å². The fraction of sp³-hybridized carbons (Fsp3) is 0.364. The third kappa shape index (κ3) is 3.47. The topological polar surface area (TPSA) is 41.1 Å². The van der Waals surface area contributed by atoms with Crippen LogP contribution in [0.15, 0.2) is 24.3 Å². The van der Waals surface area contributed by atoms with Crippen molar-refractivity contribution in [1.29, 1.82) is 0 Å². The number of anilines is 1. The van der Waals surface area contributed by atoms with Crippen LogP contribution in [-0.4, -0.2) is 19.5 Å². The maximum absolute atomic E-state index is 10.6. The number of benzene rings is 1. The lowest BCUT2D eigenvalue weighted by atomic mass is 10.1. The monoisotopic (exact) mass is 192 g/mol. The minimum atomic E-state index is 0.0229. The predicted molar refractivity (Wildman–Crippen MR) is 58.4 cm³/mol. The van der Waals surface area contributed by atoms with Crippen molar-refractivity contribution in [2.45, 2.75) is 13.3 Å². The summed E-state index contributed by atoms with van der Waals surface area (Å²) in [6, 6.07) is 8.17. The van der Waals surface area contributed by atoms with Gasteiger partial charge in [0.2, 0.25) is 5.91 Å². The zero-order chi connectivity index (χ0) is 10.4. The molecule has 0 radical (unpaired) electrons. The van der Waals surface area contributed by atoms with E-state index in [9.17, 15) is 4.79 Å². The maximum Gasteiger partial charge on any atom is 0.216 e. The lowest BCUT2D eigenvalue weighted by Gasteiger charge is -2.05. The van der Waals surface area contributed by atoms with Crippen LogP contribution in [0.5, 0.6) is 0 Å². The molecule has 76 valence electrons. The van der Waals surface area contributed by atoms with E-state index in [4.69, 9.17) is 0 Å². The zero-order valence-electron chi connectivity index (χ0n) is 8.63. The van der Waals surface area contributed by atoms with Crippen molar-refractivity contribution in [3.05, 3.63) is 29.8 Å². The fourth-order valence-electron chi connectivity index (χ4n) is 1.27. The molecule has 0 fully saturated rings. The summed E-state index contributed by atoms with van der Waals surface area (Å²) in [7, 11) is 1.90. The second-order valence-electron chi connectivity index (χ2n) is 3.18. The smallest absolute Gasteiger partial charge is 0.216 e. The first-order valence-electron chi connectivity index (χ1n) is 4.73. The molecular weight excluding hydrogens is 176 g/mol. The van der Waals surface area contributed by atoms with E-state index < -0.39 is 0 Å². The van der Waals surface area contributed by atoms with Gasteiger partial charge in [-0.05, 0) is 24.1 Å². The van der Waals surface area contributed by atoms with Crippen LogP contribution < -0.4 is 10.6 Å². The summed E-state index contributed by atoms with van der Waals surface area (Å²) in [5, 5.41) is 5.85. The van der Waals surface area contributed by atoms with Crippen molar-refractivity contribution in [2.75, 3.05) is 18.9 Å². The molecule has 1 amide bonds. The van der Waals surface area contributed by atoms with Gasteiger partial charge in [-0.15, -0.1) is 0 Å². The van der Waals surface area contributed by atoms with E-state index in [0.29, 0.717) is 6.54 Å². The van der Waals surface area contributed by atoms with Gasteiger partial charge in [0.05, 0.1) is 0 Å². The summed E-state index contributed by atoms with van der Waals surface area (Å²) >= 11 is 0. The Morgan fingerprint density at radius 1 is 1.43 bits per heavy atom. The van der Waals surface area contributed by atoms with Gasteiger partial charge in [0.15, 0.2) is 0 Å². The van der Waals surface area contributed by atoms with Crippen molar-refractivity contribution in [1.82, 2.24) is 5.32 Å². The molecule has 0 bridgehead atoms. The zero-order valence-corrected chi connectivity index (χ0v) is 8.63. The van der Waals surface area contributed by atoms with E-state index in [-0.39, 0.29) is 5.91 Å². The molecule has 0 heterocycles. The molecular formula is C11H16N2O. The number of hydrogen-bond acceptors (Lipinski definition) is 2. The average molecular weight is 192 g/mol. The molecule has 1 aromatic rings. The highest BCUT2D eigenvalue weighted by atomic mass is 16.1. The van der Waals surface area contributed by atoms with Crippen LogP contribution in [0.25, 0.3) is 0 Å². The van der Waals surface area contributed by atoms with E-state index >= 15 is 0 Å². The highest BCUT2D eigenvalue weighted by Gasteiger charge is 1.95. The third-order valence-corrected chi connectivity index (χ3v) is 2.00. The van der Waals surface area contributed by atoms with Gasteiger partial charge in [-0.1, -0.05) is 12.1 Å². The Bertz CT molecular complexity index is 310. The Hall–Kier alpha value is -1.51. The number of hydrogen-bond donors (Lipinski definition) is 2. The minimum Gasteiger partial charge on any atom is -0.388 e. The molecule has 2 N–H and O–H groups in total. The Labute approximate surface area is 84.5 Å². The molecule has 0 unspecified atom stereocenters. The molecule has 0 aliphatic carbocycles. The summed E-state index contributed by atoms with van der Waals surface area (Å²) in [6.45, 7) is 2.23. The quantitative estimate of drug-likeness (QED) is 0.757. The van der Waals surface area contributed by atoms with Crippen molar-refractivity contribution in [3.63, 3.8) is 0 Å². The van der Waals surface area contributed by atoms with Gasteiger partial charge in [-0.3, -0.25) is 4.79 Å². The van der Waals surface area contributed by atoms with Crippen molar-refractivity contribution >= 4 is 11.6 Å². The second-order valence-corrected chi connectivity index (χ2v) is 3.18. The summed E-state index contributed by atoms with van der Waals surface area (Å²) in [5.41, 5.74) is 2.33. The van der Waals surface area contributed by atoms with E-state index in [0.717, 1.165) is 12.1 Å². The molecule has 14 heavy (non-hydrogen) atoms. The Morgan fingerprint density at radius 3 is 2.86 bits per heavy atom. The van der Waals surface area contributed by atoms with Crippen molar-refractivity contribution in [2.24, 2.45) is 0 Å². The van der Waals surface area contributed by atoms with Crippen LogP contribution in [0.3, 0.4) is 0 Å². The third-order valence-electron chi connectivity index (χ3n) is 2.00. The normalized spacial score (nSPS) is 9.57. The fourth-order valence-corrected chi connectivity index (χ4v) is 1.27. The molecule has 0 aliphatic heterocycles. The van der Waals surface area contributed by atoms with Gasteiger partial charge in [0, 0.05) is 26.2 Å². The van der Waals surface area contributed by atoms with Crippen molar-refractivity contribution < 1.29 is 4.79 Å². The standard InChI is InChI=1S/C11H16N2O/c1-9(14)13-7-6-10-4-3-5-11(8-10)12-2/h3-5,8,12H,6-7H2,1-2H3,(H,13,14). The highest BCUT2D eigenvalue weighted by molar-refractivity contribution is 5.72. The van der Waals surface area contributed by atoms with Gasteiger partial charge < -0.3 is 10.6 Å². The number of carbonyl (C=O) groups is 1. The lowest BCUT2D eigenvalue weighted by molar-refractivity contribution is -0.118. The predicted octanol–water partition coefficient (Wildman–Crippen LogP) is 1.41. The molecule has 0 aromatic heterocycles. The van der Waals surface area contributed by atoms with E-state index in [1.165, 1.54) is 12.5 Å². The van der Waals surface area contributed by atoms with E-state index in [1.54, 1.807) is 0 Å². The molecule has 0 atom stereocenters. The van der Waals surface area contributed by atoms with Crippen LogP contribution in [0, 0.1) is 0 Å². The molecule has 0 saturated heterocycles. The summed E-state index contributed by atoms with van der Waals surface area (Å²) in [4.78, 5) is 10.6. The van der Waals surface area contributed by atoms with Crippen molar-refractivity contribution in [3.8, 4) is 0 Å². The molecule has 0 aliphatic rings. The summed E-state index contributed by atoms with van der Waals surface area (Å²) < 4.78 is 0. The van der Waals surface area contributed by atoms with Crippen LogP contribution >= 0.6 is 0 Å². The average Bonchev–Trinajstić information content (AvgIpc) is 2.18. The van der Waals surface area contributed by atoms with Crippen LogP contribution in [0.2, 0.25) is 0 Å². The number of rotatable bonds is 4. The Balaban J connectivity index is 2.46. The second kappa shape index (κ2) is 5.27. The Morgan fingerprint density at radius 2 is 2.21 bits per heavy atom. The van der Waals surface area contributed by atoms with Gasteiger partial charge in [0.25, 0.3) is 0 Å². The molecule has 3 heteroatoms. The van der Waals surface area contributed by atoms with Gasteiger partial charge in [0.1, 0.15) is 0 Å². The van der Waals surface area contributed by atoms with Gasteiger partial charge in [-0.25, -0.2) is 0 Å². The molecule has 0 saturated carbocycles. The van der Waals surface area contributed by atoms with Crippen LogP contribution in [0.4, 0.5) is 5.69 Å². The first-order chi connectivity index (χ1) is 6.72. The first kappa shape index (κ1) is 10.6. The highest BCUT2D eigenvalue weighted by Crippen LogP contribution is 2.09. The first-order valence-corrected chi connectivity index (χ1v) is 4.73. The number of amides is 1. The van der Waals surface area contributed by atoms with Crippen LogP contribution in [0.1, 0.15) is 12.5 Å². The lowest BCUT2D eigenvalue weighted by Crippen LogP contribution is -2.22. The molecule has 1 rings (SSSR count). The molecule has 3 nitrogen and oxygen atoms in total. The maximum atomic E-state index is 10.6. The van der Waals surface area contributed by atoms with Gasteiger partial charge in [-0.2, -0.15) is 0 Å². The number of carbonyl (C=O) groups excluding carboxylic acids is 1. The summed E-state index contributed by atoms with van der Waals surface area (Å²) in [5.74, 6) is 0.0229. The SMILES string of the molecule is CNc1cccc(CCNC(C)=O)c1. The Kier molecular flexibility index (Phi) is 3.98. The van der Waals surface area contributed by atoms with E-state index in [1.807, 2.05) is 19.2 Å². The minimum absolute atomic E-state index is 0.0229. The largest absolute Gasteiger partial charge is 0.388 e. The van der Waals surface area contributed by atoms with Gasteiger partial charge >= 0.3 is 0 Å². The molecule has 0 spiro atoms. The van der Waals surface area contributed by atoms with E-state index in [2.05, 4.69) is 22.8 Å². The summed E-state index contributed by atoms with van der Waals surface area (Å²) in [6.07, 6.45) is 0.870. The number of nitrogens with one attached hydrogen (secondary N) is 2.